The van der Waals surface area contributed by atoms with E-state index in [9.17, 15) is 5.11 Å². The second kappa shape index (κ2) is 19.3. The van der Waals surface area contributed by atoms with Crippen LogP contribution in [0.1, 0.15) is 110 Å². The zero-order chi connectivity index (χ0) is 20.1. The van der Waals surface area contributed by atoms with Crippen LogP contribution in [-0.4, -0.2) is 24.8 Å². The molecule has 0 fully saturated rings. The van der Waals surface area contributed by atoms with E-state index in [4.69, 9.17) is 0 Å². The molecule has 162 valence electrons. The van der Waals surface area contributed by atoms with Gasteiger partial charge >= 0.3 is 0 Å². The highest BCUT2D eigenvalue weighted by Gasteiger charge is 2.04. The lowest BCUT2D eigenvalue weighted by molar-refractivity contribution is 0.301. The number of nitrogens with zero attached hydrogens (tertiary/aromatic N) is 1. The summed E-state index contributed by atoms with van der Waals surface area (Å²) in [5.74, 6) is 0. The van der Waals surface area contributed by atoms with Crippen molar-refractivity contribution in [3.05, 3.63) is 30.3 Å². The van der Waals surface area contributed by atoms with Crippen LogP contribution in [0.3, 0.4) is 0 Å². The van der Waals surface area contributed by atoms with Crippen LogP contribution in [0.4, 0.5) is 5.69 Å². The Bertz CT molecular complexity index is 420. The molecule has 0 bridgehead atoms. The highest BCUT2D eigenvalue weighted by molar-refractivity contribution is 5.45. The molecule has 1 aromatic rings. The van der Waals surface area contributed by atoms with Crippen LogP contribution >= 0.6 is 0 Å². The Hall–Kier alpha value is -1.02. The Morgan fingerprint density at radius 2 is 1.00 bits per heavy atom. The van der Waals surface area contributed by atoms with E-state index >= 15 is 0 Å². The summed E-state index contributed by atoms with van der Waals surface area (Å²) in [6, 6.07) is 10.5. The van der Waals surface area contributed by atoms with Crippen molar-refractivity contribution in [3.8, 4) is 0 Å². The number of aliphatic hydroxyl groups excluding tert-OH is 1. The van der Waals surface area contributed by atoms with Crippen LogP contribution in [0.25, 0.3) is 0 Å². The summed E-state index contributed by atoms with van der Waals surface area (Å²) >= 11 is 0. The molecule has 0 atom stereocenters. The lowest BCUT2D eigenvalue weighted by Crippen LogP contribution is -2.27. The lowest BCUT2D eigenvalue weighted by atomic mass is 10.0. The highest BCUT2D eigenvalue weighted by atomic mass is 16.3. The van der Waals surface area contributed by atoms with Crippen molar-refractivity contribution >= 4 is 5.69 Å². The molecule has 0 aliphatic rings. The summed E-state index contributed by atoms with van der Waals surface area (Å²) in [5, 5.41) is 9.29. The third-order valence-electron chi connectivity index (χ3n) is 5.77. The van der Waals surface area contributed by atoms with Crippen molar-refractivity contribution in [2.75, 3.05) is 24.6 Å². The predicted molar refractivity (Wildman–Crippen MR) is 125 cm³/mol. The van der Waals surface area contributed by atoms with Gasteiger partial charge in [-0.3, -0.25) is 0 Å². The van der Waals surface area contributed by atoms with Gasteiger partial charge in [0.25, 0.3) is 0 Å². The molecule has 0 saturated heterocycles. The third-order valence-corrected chi connectivity index (χ3v) is 5.77. The fourth-order valence-electron chi connectivity index (χ4n) is 3.98. The number of hydrogen-bond donors (Lipinski definition) is 1. The molecule has 0 aromatic heterocycles. The largest absolute Gasteiger partial charge is 0.395 e. The third kappa shape index (κ3) is 14.0. The Morgan fingerprint density at radius 3 is 1.43 bits per heavy atom. The number of benzene rings is 1. The standard InChI is InChI=1S/C26H47NO/c1-2-3-4-5-6-7-8-9-10-11-12-13-14-15-16-20-23-27(24-25-28)26-21-18-17-19-22-26/h17-19,21-22,28H,2-16,20,23-25H2,1H3. The van der Waals surface area contributed by atoms with Gasteiger partial charge in [0, 0.05) is 18.8 Å². The van der Waals surface area contributed by atoms with Gasteiger partial charge in [-0.1, -0.05) is 121 Å². The summed E-state index contributed by atoms with van der Waals surface area (Å²) < 4.78 is 0. The summed E-state index contributed by atoms with van der Waals surface area (Å²) in [7, 11) is 0. The van der Waals surface area contributed by atoms with Gasteiger partial charge < -0.3 is 10.0 Å². The van der Waals surface area contributed by atoms with Crippen LogP contribution in [0.5, 0.6) is 0 Å². The van der Waals surface area contributed by atoms with Crippen LogP contribution in [0.2, 0.25) is 0 Å². The highest BCUT2D eigenvalue weighted by Crippen LogP contribution is 2.16. The number of hydrogen-bond acceptors (Lipinski definition) is 2. The number of aliphatic hydroxyl groups is 1. The molecule has 1 aromatic carbocycles. The van der Waals surface area contributed by atoms with Gasteiger partial charge in [0.05, 0.1) is 6.61 Å². The van der Waals surface area contributed by atoms with E-state index in [2.05, 4.69) is 42.2 Å². The van der Waals surface area contributed by atoms with Crippen LogP contribution in [0.15, 0.2) is 30.3 Å². The first-order valence-corrected chi connectivity index (χ1v) is 12.3. The zero-order valence-corrected chi connectivity index (χ0v) is 18.7. The van der Waals surface area contributed by atoms with E-state index < -0.39 is 0 Å². The van der Waals surface area contributed by atoms with Gasteiger partial charge in [0.2, 0.25) is 0 Å². The first kappa shape index (κ1) is 25.0. The summed E-state index contributed by atoms with van der Waals surface area (Å²) in [4.78, 5) is 2.31. The minimum atomic E-state index is 0.230. The molecule has 0 saturated carbocycles. The zero-order valence-electron chi connectivity index (χ0n) is 18.7. The monoisotopic (exact) mass is 389 g/mol. The molecule has 2 nitrogen and oxygen atoms in total. The second-order valence-corrected chi connectivity index (χ2v) is 8.35. The Morgan fingerprint density at radius 1 is 0.571 bits per heavy atom. The maximum absolute atomic E-state index is 9.29. The minimum absolute atomic E-state index is 0.230. The molecule has 28 heavy (non-hydrogen) atoms. The molecule has 0 heterocycles. The molecular weight excluding hydrogens is 342 g/mol. The van der Waals surface area contributed by atoms with E-state index in [-0.39, 0.29) is 6.61 Å². The summed E-state index contributed by atoms with van der Waals surface area (Å²) in [5.41, 5.74) is 1.23. The maximum atomic E-state index is 9.29. The molecule has 0 aliphatic carbocycles. The van der Waals surface area contributed by atoms with Gasteiger partial charge in [-0.25, -0.2) is 0 Å². The molecule has 1 N–H and O–H groups in total. The first-order chi connectivity index (χ1) is 13.9. The quantitative estimate of drug-likeness (QED) is 0.230. The van der Waals surface area contributed by atoms with Crippen molar-refractivity contribution in [1.29, 1.82) is 0 Å². The van der Waals surface area contributed by atoms with Crippen molar-refractivity contribution in [2.24, 2.45) is 0 Å². The van der Waals surface area contributed by atoms with E-state index in [0.717, 1.165) is 13.1 Å². The van der Waals surface area contributed by atoms with Gasteiger partial charge in [0.1, 0.15) is 0 Å². The number of unbranched alkanes of at least 4 members (excludes halogenated alkanes) is 15. The summed E-state index contributed by atoms with van der Waals surface area (Å²) in [6.45, 7) is 4.32. The minimum Gasteiger partial charge on any atom is -0.395 e. The molecule has 0 radical (unpaired) electrons. The predicted octanol–water partition coefficient (Wildman–Crippen LogP) is 7.75. The smallest absolute Gasteiger partial charge is 0.0606 e. The topological polar surface area (TPSA) is 23.5 Å². The van der Waals surface area contributed by atoms with Crippen molar-refractivity contribution in [3.63, 3.8) is 0 Å². The average Bonchev–Trinajstić information content (AvgIpc) is 2.73. The Kier molecular flexibility index (Phi) is 17.2. The lowest BCUT2D eigenvalue weighted by Gasteiger charge is -2.23. The maximum Gasteiger partial charge on any atom is 0.0606 e. The van der Waals surface area contributed by atoms with Crippen LogP contribution < -0.4 is 4.90 Å². The van der Waals surface area contributed by atoms with Gasteiger partial charge in [-0.2, -0.15) is 0 Å². The number of anilines is 1. The molecule has 0 unspecified atom stereocenters. The van der Waals surface area contributed by atoms with Gasteiger partial charge in [-0.15, -0.1) is 0 Å². The van der Waals surface area contributed by atoms with Crippen LogP contribution in [0, 0.1) is 0 Å². The summed E-state index contributed by atoms with van der Waals surface area (Å²) in [6.07, 6.45) is 22.5. The van der Waals surface area contributed by atoms with E-state index in [0.29, 0.717) is 0 Å². The van der Waals surface area contributed by atoms with Crippen molar-refractivity contribution < 1.29 is 5.11 Å². The molecule has 2 heteroatoms. The fraction of sp³-hybridized carbons (Fsp3) is 0.769. The van der Waals surface area contributed by atoms with E-state index in [1.165, 1.54) is 108 Å². The normalized spacial score (nSPS) is 11.1. The Balaban J connectivity index is 1.86. The van der Waals surface area contributed by atoms with Crippen LogP contribution in [-0.2, 0) is 0 Å². The number of para-hydroxylation sites is 1. The molecule has 0 spiro atoms. The van der Waals surface area contributed by atoms with E-state index in [1.807, 2.05) is 0 Å². The van der Waals surface area contributed by atoms with Gasteiger partial charge in [0.15, 0.2) is 0 Å². The molecule has 0 aliphatic heterocycles. The van der Waals surface area contributed by atoms with Crippen molar-refractivity contribution in [2.45, 2.75) is 110 Å². The van der Waals surface area contributed by atoms with E-state index in [1.54, 1.807) is 0 Å². The Labute approximate surface area is 175 Å². The van der Waals surface area contributed by atoms with Crippen molar-refractivity contribution in [1.82, 2.24) is 0 Å². The molecule has 0 amide bonds. The SMILES string of the molecule is CCCCCCCCCCCCCCCCCCN(CCO)c1ccccc1. The second-order valence-electron chi connectivity index (χ2n) is 8.35. The molecular formula is C26H47NO. The van der Waals surface area contributed by atoms with Gasteiger partial charge in [-0.05, 0) is 18.6 Å². The fourth-order valence-corrected chi connectivity index (χ4v) is 3.98. The molecule has 1 rings (SSSR count). The average molecular weight is 390 g/mol. The number of rotatable bonds is 20. The first-order valence-electron chi connectivity index (χ1n) is 12.3.